The number of carbonyl (C=O) groups excluding carboxylic acids is 1. The van der Waals surface area contributed by atoms with Gasteiger partial charge >= 0.3 is 0 Å². The minimum atomic E-state index is -0.155. The Hall–Kier alpha value is -0.390. The first-order valence-corrected chi connectivity index (χ1v) is 7.90. The lowest BCUT2D eigenvalue weighted by Crippen LogP contribution is -2.42. The molecule has 1 atom stereocenters. The lowest BCUT2D eigenvalue weighted by molar-refractivity contribution is -0.122. The second kappa shape index (κ2) is 7.92. The summed E-state index contributed by atoms with van der Waals surface area (Å²) in [7, 11) is 0. The Bertz CT molecular complexity index is 379. The molecule has 18 heavy (non-hydrogen) atoms. The Labute approximate surface area is 121 Å². The van der Waals surface area contributed by atoms with Gasteiger partial charge in [-0.05, 0) is 41.3 Å². The zero-order valence-electron chi connectivity index (χ0n) is 11.1. The summed E-state index contributed by atoms with van der Waals surface area (Å²) in [6, 6.07) is 1.92. The summed E-state index contributed by atoms with van der Waals surface area (Å²) >= 11 is 5.10. The molecule has 102 valence electrons. The lowest BCUT2D eigenvalue weighted by atomic mass is 10.1. The van der Waals surface area contributed by atoms with Gasteiger partial charge in [-0.3, -0.25) is 4.79 Å². The maximum absolute atomic E-state index is 11.8. The van der Waals surface area contributed by atoms with Crippen molar-refractivity contribution in [2.45, 2.75) is 39.8 Å². The zero-order valence-corrected chi connectivity index (χ0v) is 13.5. The molecule has 0 aliphatic heterocycles. The molecular formula is C13H21BrN2OS. The lowest BCUT2D eigenvalue weighted by Gasteiger charge is -2.14. The molecule has 1 unspecified atom stereocenters. The molecular weight excluding hydrogens is 312 g/mol. The molecule has 0 spiro atoms. The van der Waals surface area contributed by atoms with Gasteiger partial charge in [0.1, 0.15) is 0 Å². The molecule has 0 aliphatic carbocycles. The van der Waals surface area contributed by atoms with E-state index in [1.165, 1.54) is 4.88 Å². The van der Waals surface area contributed by atoms with Crippen molar-refractivity contribution in [2.75, 3.05) is 6.54 Å². The largest absolute Gasteiger partial charge is 0.355 e. The second-order valence-electron chi connectivity index (χ2n) is 4.81. The Morgan fingerprint density at radius 3 is 2.72 bits per heavy atom. The Morgan fingerprint density at radius 2 is 2.17 bits per heavy atom. The minimum absolute atomic E-state index is 0.0753. The van der Waals surface area contributed by atoms with E-state index in [1.807, 2.05) is 12.3 Å². The normalized spacial score (nSPS) is 12.7. The van der Waals surface area contributed by atoms with Crippen LogP contribution >= 0.6 is 27.3 Å². The number of nitrogens with one attached hydrogen (secondary N) is 2. The molecule has 1 amide bonds. The Kier molecular flexibility index (Phi) is 6.89. The first kappa shape index (κ1) is 15.7. The van der Waals surface area contributed by atoms with Crippen molar-refractivity contribution in [2.24, 2.45) is 5.92 Å². The number of hydrogen-bond donors (Lipinski definition) is 2. The van der Waals surface area contributed by atoms with E-state index in [4.69, 9.17) is 0 Å². The van der Waals surface area contributed by atoms with Crippen LogP contribution in [0.3, 0.4) is 0 Å². The third kappa shape index (κ3) is 5.98. The van der Waals surface area contributed by atoms with E-state index in [2.05, 4.69) is 46.5 Å². The first-order valence-electron chi connectivity index (χ1n) is 6.23. The summed E-state index contributed by atoms with van der Waals surface area (Å²) in [5, 5.41) is 8.22. The average Bonchev–Trinajstić information content (AvgIpc) is 2.71. The molecule has 0 aliphatic rings. The van der Waals surface area contributed by atoms with E-state index in [0.717, 1.165) is 24.0 Å². The number of hydrogen-bond acceptors (Lipinski definition) is 3. The topological polar surface area (TPSA) is 41.1 Å². The van der Waals surface area contributed by atoms with Crippen LogP contribution in [0.4, 0.5) is 0 Å². The van der Waals surface area contributed by atoms with Crippen LogP contribution in [0.25, 0.3) is 0 Å². The smallest absolute Gasteiger partial charge is 0.236 e. The van der Waals surface area contributed by atoms with E-state index < -0.39 is 0 Å². The highest BCUT2D eigenvalue weighted by Gasteiger charge is 2.11. The number of rotatable bonds is 7. The van der Waals surface area contributed by atoms with Crippen LogP contribution in [0.15, 0.2) is 15.9 Å². The summed E-state index contributed by atoms with van der Waals surface area (Å²) < 4.78 is 1.10. The standard InChI is InChI=1S/C13H21BrN2OS/c1-9(2)4-5-15-13(17)10(3)16-7-12-6-11(14)8-18-12/h6,8-10,16H,4-5,7H2,1-3H3,(H,15,17). The summed E-state index contributed by atoms with van der Waals surface area (Å²) in [5.41, 5.74) is 0. The van der Waals surface area contributed by atoms with Gasteiger partial charge in [0.25, 0.3) is 0 Å². The third-order valence-electron chi connectivity index (χ3n) is 2.62. The fourth-order valence-electron chi connectivity index (χ4n) is 1.43. The quantitative estimate of drug-likeness (QED) is 0.805. The number of halogens is 1. The molecule has 3 nitrogen and oxygen atoms in total. The predicted octanol–water partition coefficient (Wildman–Crippen LogP) is 3.15. The molecule has 2 N–H and O–H groups in total. The van der Waals surface area contributed by atoms with Gasteiger partial charge < -0.3 is 10.6 Å². The molecule has 0 saturated heterocycles. The van der Waals surface area contributed by atoms with Gasteiger partial charge in [0.2, 0.25) is 5.91 Å². The van der Waals surface area contributed by atoms with Gasteiger partial charge in [0.15, 0.2) is 0 Å². The van der Waals surface area contributed by atoms with Crippen molar-refractivity contribution in [1.82, 2.24) is 10.6 Å². The Morgan fingerprint density at radius 1 is 1.44 bits per heavy atom. The summed E-state index contributed by atoms with van der Waals surface area (Å²) in [5.74, 6) is 0.698. The highest BCUT2D eigenvalue weighted by Crippen LogP contribution is 2.19. The molecule has 0 bridgehead atoms. The van der Waals surface area contributed by atoms with E-state index in [1.54, 1.807) is 11.3 Å². The summed E-state index contributed by atoms with van der Waals surface area (Å²) in [4.78, 5) is 13.0. The van der Waals surface area contributed by atoms with Crippen LogP contribution in [-0.4, -0.2) is 18.5 Å². The van der Waals surface area contributed by atoms with E-state index in [-0.39, 0.29) is 11.9 Å². The Balaban J connectivity index is 2.23. The maximum Gasteiger partial charge on any atom is 0.236 e. The van der Waals surface area contributed by atoms with Gasteiger partial charge in [0.05, 0.1) is 6.04 Å². The molecule has 0 aromatic carbocycles. The summed E-state index contributed by atoms with van der Waals surface area (Å²) in [6.07, 6.45) is 1.02. The molecule has 0 radical (unpaired) electrons. The van der Waals surface area contributed by atoms with Crippen molar-refractivity contribution in [3.8, 4) is 0 Å². The van der Waals surface area contributed by atoms with E-state index in [9.17, 15) is 4.79 Å². The van der Waals surface area contributed by atoms with Crippen molar-refractivity contribution in [3.63, 3.8) is 0 Å². The monoisotopic (exact) mass is 332 g/mol. The van der Waals surface area contributed by atoms with Gasteiger partial charge in [-0.2, -0.15) is 0 Å². The highest BCUT2D eigenvalue weighted by molar-refractivity contribution is 9.10. The molecule has 0 fully saturated rings. The predicted molar refractivity (Wildman–Crippen MR) is 80.8 cm³/mol. The van der Waals surface area contributed by atoms with Gasteiger partial charge in [0, 0.05) is 27.8 Å². The van der Waals surface area contributed by atoms with Crippen molar-refractivity contribution >= 4 is 33.2 Å². The number of carbonyl (C=O) groups is 1. The SMILES string of the molecule is CC(C)CCNC(=O)C(C)NCc1cc(Br)cs1. The molecule has 1 rings (SSSR count). The second-order valence-corrected chi connectivity index (χ2v) is 6.72. The van der Waals surface area contributed by atoms with Crippen molar-refractivity contribution < 1.29 is 4.79 Å². The van der Waals surface area contributed by atoms with Gasteiger partial charge in [-0.1, -0.05) is 13.8 Å². The maximum atomic E-state index is 11.8. The first-order chi connectivity index (χ1) is 8.49. The number of thiophene rings is 1. The van der Waals surface area contributed by atoms with Crippen LogP contribution in [-0.2, 0) is 11.3 Å². The fraction of sp³-hybridized carbons (Fsp3) is 0.615. The van der Waals surface area contributed by atoms with Crippen LogP contribution in [0, 0.1) is 5.92 Å². The van der Waals surface area contributed by atoms with Crippen molar-refractivity contribution in [3.05, 3.63) is 20.8 Å². The third-order valence-corrected chi connectivity index (χ3v) is 4.32. The van der Waals surface area contributed by atoms with Crippen LogP contribution in [0.2, 0.25) is 0 Å². The molecule has 1 aromatic rings. The van der Waals surface area contributed by atoms with Crippen LogP contribution in [0.5, 0.6) is 0 Å². The zero-order chi connectivity index (χ0) is 13.5. The van der Waals surface area contributed by atoms with E-state index in [0.29, 0.717) is 5.92 Å². The van der Waals surface area contributed by atoms with Crippen molar-refractivity contribution in [1.29, 1.82) is 0 Å². The van der Waals surface area contributed by atoms with Crippen LogP contribution < -0.4 is 10.6 Å². The van der Waals surface area contributed by atoms with Crippen LogP contribution in [0.1, 0.15) is 32.1 Å². The number of amides is 1. The minimum Gasteiger partial charge on any atom is -0.355 e. The molecule has 1 aromatic heterocycles. The van der Waals surface area contributed by atoms with E-state index >= 15 is 0 Å². The summed E-state index contributed by atoms with van der Waals surface area (Å²) in [6.45, 7) is 7.69. The fourth-order valence-corrected chi connectivity index (χ4v) is 2.83. The highest BCUT2D eigenvalue weighted by atomic mass is 79.9. The average molecular weight is 333 g/mol. The molecule has 0 saturated carbocycles. The molecule has 1 heterocycles. The van der Waals surface area contributed by atoms with Gasteiger partial charge in [-0.15, -0.1) is 11.3 Å². The molecule has 5 heteroatoms. The van der Waals surface area contributed by atoms with Gasteiger partial charge in [-0.25, -0.2) is 0 Å².